The Kier molecular flexibility index (Phi) is 3.98. The van der Waals surface area contributed by atoms with Gasteiger partial charge in [0.15, 0.2) is 0 Å². The van der Waals surface area contributed by atoms with Crippen molar-refractivity contribution in [3.05, 3.63) is 24.3 Å². The first-order valence-corrected chi connectivity index (χ1v) is 4.87. The summed E-state index contributed by atoms with van der Waals surface area (Å²) in [5.74, 6) is 0. The van der Waals surface area contributed by atoms with Gasteiger partial charge in [0.2, 0.25) is 6.41 Å². The third-order valence-electron chi connectivity index (χ3n) is 2.22. The standard InChI is InChI=1S/C11H16N2O/c1-3-13(4-2)11-7-5-10(6-8-11)12-9-14/h5-9H,3-4H2,1-2H3,(H,12,14). The van der Waals surface area contributed by atoms with Gasteiger partial charge in [0.1, 0.15) is 0 Å². The van der Waals surface area contributed by atoms with E-state index in [1.54, 1.807) is 0 Å². The van der Waals surface area contributed by atoms with Gasteiger partial charge in [-0.2, -0.15) is 0 Å². The maximum Gasteiger partial charge on any atom is 0.211 e. The first-order chi connectivity index (χ1) is 6.81. The van der Waals surface area contributed by atoms with E-state index in [1.807, 2.05) is 24.3 Å². The number of nitrogens with zero attached hydrogens (tertiary/aromatic N) is 1. The molecular weight excluding hydrogens is 176 g/mol. The largest absolute Gasteiger partial charge is 0.372 e. The number of carbonyl (C=O) groups excluding carboxylic acids is 1. The SMILES string of the molecule is CCN(CC)c1ccc(NC=O)cc1. The quantitative estimate of drug-likeness (QED) is 0.724. The van der Waals surface area contributed by atoms with Gasteiger partial charge in [0, 0.05) is 24.5 Å². The maximum absolute atomic E-state index is 10.2. The fraction of sp³-hybridized carbons (Fsp3) is 0.364. The summed E-state index contributed by atoms with van der Waals surface area (Å²) in [5.41, 5.74) is 2.02. The molecule has 0 heterocycles. The monoisotopic (exact) mass is 192 g/mol. The number of anilines is 2. The van der Waals surface area contributed by atoms with Crippen LogP contribution in [0.25, 0.3) is 0 Å². The molecule has 0 radical (unpaired) electrons. The number of nitrogens with one attached hydrogen (secondary N) is 1. The Morgan fingerprint density at radius 1 is 1.21 bits per heavy atom. The molecule has 1 N–H and O–H groups in total. The highest BCUT2D eigenvalue weighted by atomic mass is 16.1. The van der Waals surface area contributed by atoms with E-state index in [9.17, 15) is 4.79 Å². The van der Waals surface area contributed by atoms with Crippen LogP contribution in [-0.4, -0.2) is 19.5 Å². The fourth-order valence-electron chi connectivity index (χ4n) is 1.43. The lowest BCUT2D eigenvalue weighted by molar-refractivity contribution is -0.105. The van der Waals surface area contributed by atoms with Crippen molar-refractivity contribution in [2.24, 2.45) is 0 Å². The summed E-state index contributed by atoms with van der Waals surface area (Å²) in [6.45, 7) is 6.25. The zero-order valence-electron chi connectivity index (χ0n) is 8.66. The highest BCUT2D eigenvalue weighted by Crippen LogP contribution is 2.16. The van der Waals surface area contributed by atoms with E-state index in [4.69, 9.17) is 0 Å². The molecule has 0 unspecified atom stereocenters. The second kappa shape index (κ2) is 5.27. The van der Waals surface area contributed by atoms with E-state index in [0.717, 1.165) is 18.8 Å². The average molecular weight is 192 g/mol. The second-order valence-electron chi connectivity index (χ2n) is 2.98. The van der Waals surface area contributed by atoms with E-state index in [0.29, 0.717) is 6.41 Å². The lowest BCUT2D eigenvalue weighted by atomic mass is 10.2. The third-order valence-corrected chi connectivity index (χ3v) is 2.22. The van der Waals surface area contributed by atoms with Gasteiger partial charge >= 0.3 is 0 Å². The van der Waals surface area contributed by atoms with Crippen molar-refractivity contribution in [1.82, 2.24) is 0 Å². The average Bonchev–Trinajstić information content (AvgIpc) is 2.23. The Balaban J connectivity index is 2.76. The van der Waals surface area contributed by atoms with Gasteiger partial charge in [-0.05, 0) is 38.1 Å². The van der Waals surface area contributed by atoms with E-state index < -0.39 is 0 Å². The number of rotatable bonds is 5. The molecule has 1 amide bonds. The van der Waals surface area contributed by atoms with Crippen molar-refractivity contribution in [3.63, 3.8) is 0 Å². The predicted octanol–water partition coefficient (Wildman–Crippen LogP) is 2.10. The molecule has 3 nitrogen and oxygen atoms in total. The molecule has 1 rings (SSSR count). The molecule has 0 aliphatic heterocycles. The van der Waals surface area contributed by atoms with E-state index >= 15 is 0 Å². The molecule has 0 aliphatic carbocycles. The molecule has 0 bridgehead atoms. The smallest absolute Gasteiger partial charge is 0.211 e. The summed E-state index contributed by atoms with van der Waals surface area (Å²) in [6.07, 6.45) is 0.687. The predicted molar refractivity (Wildman–Crippen MR) is 59.7 cm³/mol. The highest BCUT2D eigenvalue weighted by Gasteiger charge is 2.00. The van der Waals surface area contributed by atoms with Crippen LogP contribution in [0.15, 0.2) is 24.3 Å². The first kappa shape index (κ1) is 10.6. The number of hydrogen-bond acceptors (Lipinski definition) is 2. The number of hydrogen-bond donors (Lipinski definition) is 1. The van der Waals surface area contributed by atoms with Crippen LogP contribution in [0.2, 0.25) is 0 Å². The van der Waals surface area contributed by atoms with Crippen LogP contribution in [0.3, 0.4) is 0 Å². The molecule has 1 aromatic carbocycles. The van der Waals surface area contributed by atoms with Crippen molar-refractivity contribution < 1.29 is 4.79 Å². The molecule has 14 heavy (non-hydrogen) atoms. The first-order valence-electron chi connectivity index (χ1n) is 4.87. The molecule has 1 aromatic rings. The number of benzene rings is 1. The Hall–Kier alpha value is -1.51. The van der Waals surface area contributed by atoms with Gasteiger partial charge in [0.25, 0.3) is 0 Å². The molecule has 0 spiro atoms. The summed E-state index contributed by atoms with van der Waals surface area (Å²) in [4.78, 5) is 12.4. The van der Waals surface area contributed by atoms with Crippen LogP contribution in [0.1, 0.15) is 13.8 Å². The molecule has 0 saturated carbocycles. The lowest BCUT2D eigenvalue weighted by Crippen LogP contribution is -2.21. The van der Waals surface area contributed by atoms with E-state index in [-0.39, 0.29) is 0 Å². The van der Waals surface area contributed by atoms with Gasteiger partial charge in [-0.3, -0.25) is 4.79 Å². The van der Waals surface area contributed by atoms with Crippen molar-refractivity contribution >= 4 is 17.8 Å². The number of amides is 1. The molecule has 0 saturated heterocycles. The van der Waals surface area contributed by atoms with Crippen LogP contribution < -0.4 is 10.2 Å². The van der Waals surface area contributed by atoms with Gasteiger partial charge in [0.05, 0.1) is 0 Å². The minimum atomic E-state index is 0.687. The maximum atomic E-state index is 10.2. The Bertz CT molecular complexity index is 278. The summed E-state index contributed by atoms with van der Waals surface area (Å²) >= 11 is 0. The van der Waals surface area contributed by atoms with Crippen LogP contribution in [0, 0.1) is 0 Å². The highest BCUT2D eigenvalue weighted by molar-refractivity contribution is 5.72. The fourth-order valence-corrected chi connectivity index (χ4v) is 1.43. The van der Waals surface area contributed by atoms with E-state index in [2.05, 4.69) is 24.1 Å². The minimum Gasteiger partial charge on any atom is -0.372 e. The summed E-state index contributed by atoms with van der Waals surface area (Å²) in [7, 11) is 0. The van der Waals surface area contributed by atoms with Crippen LogP contribution in [0.5, 0.6) is 0 Å². The van der Waals surface area contributed by atoms with Gasteiger partial charge in [-0.1, -0.05) is 0 Å². The van der Waals surface area contributed by atoms with Crippen LogP contribution in [0.4, 0.5) is 11.4 Å². The normalized spacial score (nSPS) is 9.57. The molecular formula is C11H16N2O. The third kappa shape index (κ3) is 2.49. The van der Waals surface area contributed by atoms with Gasteiger partial charge in [-0.25, -0.2) is 0 Å². The molecule has 3 heteroatoms. The summed E-state index contributed by atoms with van der Waals surface area (Å²) < 4.78 is 0. The molecule has 0 aromatic heterocycles. The van der Waals surface area contributed by atoms with Crippen molar-refractivity contribution in [2.45, 2.75) is 13.8 Å². The lowest BCUT2D eigenvalue weighted by Gasteiger charge is -2.20. The number of carbonyl (C=O) groups is 1. The Morgan fingerprint density at radius 3 is 2.21 bits per heavy atom. The zero-order valence-corrected chi connectivity index (χ0v) is 8.66. The van der Waals surface area contributed by atoms with Gasteiger partial charge in [-0.15, -0.1) is 0 Å². The van der Waals surface area contributed by atoms with Crippen LogP contribution in [-0.2, 0) is 4.79 Å². The Labute approximate surface area is 84.7 Å². The molecule has 0 aliphatic rings. The van der Waals surface area contributed by atoms with Crippen LogP contribution >= 0.6 is 0 Å². The molecule has 0 fully saturated rings. The summed E-state index contributed by atoms with van der Waals surface area (Å²) in [6, 6.07) is 7.84. The van der Waals surface area contributed by atoms with Crippen molar-refractivity contribution in [2.75, 3.05) is 23.3 Å². The molecule has 0 atom stereocenters. The van der Waals surface area contributed by atoms with E-state index in [1.165, 1.54) is 5.69 Å². The topological polar surface area (TPSA) is 32.3 Å². The van der Waals surface area contributed by atoms with Crippen molar-refractivity contribution in [3.8, 4) is 0 Å². The minimum absolute atomic E-state index is 0.687. The van der Waals surface area contributed by atoms with Crippen molar-refractivity contribution in [1.29, 1.82) is 0 Å². The Morgan fingerprint density at radius 2 is 1.79 bits per heavy atom. The zero-order chi connectivity index (χ0) is 10.4. The molecule has 76 valence electrons. The van der Waals surface area contributed by atoms with Gasteiger partial charge < -0.3 is 10.2 Å². The summed E-state index contributed by atoms with van der Waals surface area (Å²) in [5, 5.41) is 2.61. The second-order valence-corrected chi connectivity index (χ2v) is 2.98.